The van der Waals surface area contributed by atoms with Gasteiger partial charge in [0.25, 0.3) is 5.91 Å². The van der Waals surface area contributed by atoms with Gasteiger partial charge in [-0.3, -0.25) is 4.79 Å². The van der Waals surface area contributed by atoms with E-state index in [1.54, 1.807) is 12.1 Å². The minimum absolute atomic E-state index is 0.0504. The number of amides is 1. The molecule has 0 atom stereocenters. The second-order valence-electron chi connectivity index (χ2n) is 5.41. The molecule has 114 valence electrons. The molecule has 0 saturated carbocycles. The Labute approximate surface area is 133 Å². The first-order chi connectivity index (χ1) is 9.97. The van der Waals surface area contributed by atoms with Crippen LogP contribution < -0.4 is 5.43 Å². The van der Waals surface area contributed by atoms with Gasteiger partial charge in [0, 0.05) is 42.2 Å². The molecule has 6 heteroatoms. The molecule has 0 radical (unpaired) electrons. The van der Waals surface area contributed by atoms with Crippen molar-refractivity contribution in [3.8, 4) is 5.75 Å². The minimum atomic E-state index is -0.396. The molecule has 5 nitrogen and oxygen atoms in total. The van der Waals surface area contributed by atoms with Crippen molar-refractivity contribution in [1.29, 1.82) is 0 Å². The second kappa shape index (κ2) is 7.04. The number of hydrogen-bond donors (Lipinski definition) is 2. The third-order valence-corrected chi connectivity index (χ3v) is 4.12. The van der Waals surface area contributed by atoms with Crippen LogP contribution in [0.4, 0.5) is 0 Å². The highest BCUT2D eigenvalue weighted by molar-refractivity contribution is 9.10. The van der Waals surface area contributed by atoms with E-state index in [9.17, 15) is 9.90 Å². The first-order valence-electron chi connectivity index (χ1n) is 7.05. The number of piperidine rings is 1. The lowest BCUT2D eigenvalue weighted by Gasteiger charge is -2.30. The monoisotopic (exact) mass is 353 g/mol. The number of hydrogen-bond acceptors (Lipinski definition) is 4. The fraction of sp³-hybridized carbons (Fsp3) is 0.467. The number of nitrogens with one attached hydrogen (secondary N) is 1. The van der Waals surface area contributed by atoms with E-state index >= 15 is 0 Å². The van der Waals surface area contributed by atoms with E-state index in [1.165, 1.54) is 6.07 Å². The SMILES string of the molecule is CC(C)N1CCC(=NNC(=O)c2cc(Br)ccc2O)CC1. The van der Waals surface area contributed by atoms with Gasteiger partial charge in [-0.25, -0.2) is 5.43 Å². The Morgan fingerprint density at radius 2 is 2.05 bits per heavy atom. The predicted molar refractivity (Wildman–Crippen MR) is 86.7 cm³/mol. The van der Waals surface area contributed by atoms with Gasteiger partial charge in [0.15, 0.2) is 0 Å². The van der Waals surface area contributed by atoms with Crippen molar-refractivity contribution < 1.29 is 9.90 Å². The lowest BCUT2D eigenvalue weighted by molar-refractivity contribution is 0.0951. The van der Waals surface area contributed by atoms with Gasteiger partial charge in [0.2, 0.25) is 0 Å². The highest BCUT2D eigenvalue weighted by Crippen LogP contribution is 2.21. The molecule has 1 fully saturated rings. The molecule has 0 bridgehead atoms. The number of carbonyl (C=O) groups is 1. The van der Waals surface area contributed by atoms with Crippen LogP contribution in [0.3, 0.4) is 0 Å². The van der Waals surface area contributed by atoms with Gasteiger partial charge in [0.05, 0.1) is 5.56 Å². The number of rotatable bonds is 3. The number of carbonyl (C=O) groups excluding carboxylic acids is 1. The summed E-state index contributed by atoms with van der Waals surface area (Å²) in [5.74, 6) is -0.446. The highest BCUT2D eigenvalue weighted by Gasteiger charge is 2.18. The fourth-order valence-electron chi connectivity index (χ4n) is 2.29. The van der Waals surface area contributed by atoms with E-state index in [1.807, 2.05) is 0 Å². The van der Waals surface area contributed by atoms with Crippen LogP contribution in [0.25, 0.3) is 0 Å². The normalized spacial score (nSPS) is 16.1. The van der Waals surface area contributed by atoms with Gasteiger partial charge in [-0.2, -0.15) is 5.10 Å². The van der Waals surface area contributed by atoms with E-state index in [0.29, 0.717) is 6.04 Å². The first-order valence-corrected chi connectivity index (χ1v) is 7.85. The van der Waals surface area contributed by atoms with Crippen molar-refractivity contribution in [3.63, 3.8) is 0 Å². The summed E-state index contributed by atoms with van der Waals surface area (Å²) in [7, 11) is 0. The average molecular weight is 354 g/mol. The molecule has 0 unspecified atom stereocenters. The number of hydrazone groups is 1. The van der Waals surface area contributed by atoms with E-state index in [-0.39, 0.29) is 11.3 Å². The fourth-order valence-corrected chi connectivity index (χ4v) is 2.65. The molecular formula is C15H20BrN3O2. The quantitative estimate of drug-likeness (QED) is 0.821. The zero-order valence-electron chi connectivity index (χ0n) is 12.3. The molecule has 0 aliphatic carbocycles. The average Bonchev–Trinajstić information content (AvgIpc) is 2.47. The Morgan fingerprint density at radius 3 is 2.67 bits per heavy atom. The Kier molecular flexibility index (Phi) is 5.36. The molecule has 1 heterocycles. The summed E-state index contributed by atoms with van der Waals surface area (Å²) in [5, 5.41) is 13.9. The van der Waals surface area contributed by atoms with Crippen LogP contribution in [0.15, 0.2) is 27.8 Å². The highest BCUT2D eigenvalue weighted by atomic mass is 79.9. The van der Waals surface area contributed by atoms with Crippen molar-refractivity contribution in [2.45, 2.75) is 32.7 Å². The van der Waals surface area contributed by atoms with Crippen LogP contribution in [-0.2, 0) is 0 Å². The van der Waals surface area contributed by atoms with E-state index in [0.717, 1.165) is 36.1 Å². The molecule has 1 saturated heterocycles. The van der Waals surface area contributed by atoms with Crippen LogP contribution in [0.2, 0.25) is 0 Å². The predicted octanol–water partition coefficient (Wildman–Crippen LogP) is 2.74. The summed E-state index contributed by atoms with van der Waals surface area (Å²) in [5.41, 5.74) is 3.74. The maximum Gasteiger partial charge on any atom is 0.275 e. The topological polar surface area (TPSA) is 64.9 Å². The second-order valence-corrected chi connectivity index (χ2v) is 6.33. The summed E-state index contributed by atoms with van der Waals surface area (Å²) in [4.78, 5) is 14.4. The van der Waals surface area contributed by atoms with Gasteiger partial charge < -0.3 is 10.0 Å². The molecule has 1 aliphatic heterocycles. The molecule has 2 N–H and O–H groups in total. The van der Waals surface area contributed by atoms with Gasteiger partial charge >= 0.3 is 0 Å². The maximum atomic E-state index is 12.0. The molecule has 2 rings (SSSR count). The number of likely N-dealkylation sites (tertiary alicyclic amines) is 1. The van der Waals surface area contributed by atoms with Crippen molar-refractivity contribution in [2.24, 2.45) is 5.10 Å². The smallest absolute Gasteiger partial charge is 0.275 e. The first kappa shape index (κ1) is 16.0. The summed E-state index contributed by atoms with van der Waals surface area (Å²) in [6.45, 7) is 6.29. The standard InChI is InChI=1S/C15H20BrN3O2/c1-10(2)19-7-5-12(6-8-19)17-18-15(21)13-9-11(16)3-4-14(13)20/h3-4,9-10,20H,5-8H2,1-2H3,(H,18,21). The number of nitrogens with zero attached hydrogens (tertiary/aromatic N) is 2. The van der Waals surface area contributed by atoms with Gasteiger partial charge in [0.1, 0.15) is 5.75 Å². The summed E-state index contributed by atoms with van der Waals surface area (Å²) in [6, 6.07) is 5.28. The van der Waals surface area contributed by atoms with Crippen LogP contribution in [0.5, 0.6) is 5.75 Å². The number of aromatic hydroxyl groups is 1. The Morgan fingerprint density at radius 1 is 1.38 bits per heavy atom. The lowest BCUT2D eigenvalue weighted by atomic mass is 10.1. The molecule has 0 aromatic heterocycles. The largest absolute Gasteiger partial charge is 0.507 e. The van der Waals surface area contributed by atoms with Crippen LogP contribution in [0.1, 0.15) is 37.0 Å². The Balaban J connectivity index is 1.95. The van der Waals surface area contributed by atoms with E-state index in [2.05, 4.69) is 45.2 Å². The number of halogens is 1. The van der Waals surface area contributed by atoms with Crippen LogP contribution in [0, 0.1) is 0 Å². The minimum Gasteiger partial charge on any atom is -0.507 e. The van der Waals surface area contributed by atoms with Gasteiger partial charge in [-0.1, -0.05) is 15.9 Å². The van der Waals surface area contributed by atoms with Gasteiger partial charge in [-0.05, 0) is 32.0 Å². The Bertz CT molecular complexity index is 548. The number of phenolic OH excluding ortho intramolecular Hbond substituents is 1. The molecule has 1 aromatic carbocycles. The summed E-state index contributed by atoms with van der Waals surface area (Å²) >= 11 is 3.28. The van der Waals surface area contributed by atoms with Crippen LogP contribution >= 0.6 is 15.9 Å². The van der Waals surface area contributed by atoms with E-state index < -0.39 is 5.91 Å². The third-order valence-electron chi connectivity index (χ3n) is 3.62. The molecule has 1 aliphatic rings. The van der Waals surface area contributed by atoms with E-state index in [4.69, 9.17) is 0 Å². The molecule has 21 heavy (non-hydrogen) atoms. The van der Waals surface area contributed by atoms with Gasteiger partial charge in [-0.15, -0.1) is 0 Å². The maximum absolute atomic E-state index is 12.0. The molecule has 1 amide bonds. The van der Waals surface area contributed by atoms with Crippen molar-refractivity contribution in [1.82, 2.24) is 10.3 Å². The summed E-state index contributed by atoms with van der Waals surface area (Å²) in [6.07, 6.45) is 1.73. The van der Waals surface area contributed by atoms with Crippen molar-refractivity contribution in [2.75, 3.05) is 13.1 Å². The molecule has 1 aromatic rings. The van der Waals surface area contributed by atoms with Crippen LogP contribution in [-0.4, -0.2) is 40.8 Å². The lowest BCUT2D eigenvalue weighted by Crippen LogP contribution is -2.39. The Hall–Kier alpha value is -1.40. The zero-order chi connectivity index (χ0) is 15.4. The molecular weight excluding hydrogens is 334 g/mol. The molecule has 0 spiro atoms. The summed E-state index contributed by atoms with van der Waals surface area (Å²) < 4.78 is 0.739. The number of benzene rings is 1. The van der Waals surface area contributed by atoms with Crippen molar-refractivity contribution >= 4 is 27.5 Å². The number of phenols is 1. The zero-order valence-corrected chi connectivity index (χ0v) is 13.9. The third kappa shape index (κ3) is 4.28. The van der Waals surface area contributed by atoms with Crippen molar-refractivity contribution in [3.05, 3.63) is 28.2 Å².